The lowest BCUT2D eigenvalue weighted by molar-refractivity contribution is 0.295. The average molecular weight is 172 g/mol. The van der Waals surface area contributed by atoms with Gasteiger partial charge in [0, 0.05) is 4.75 Å². The molecule has 0 atom stereocenters. The zero-order valence-electron chi connectivity index (χ0n) is 8.02. The molecule has 0 bridgehead atoms. The van der Waals surface area contributed by atoms with Crippen LogP contribution in [0.5, 0.6) is 0 Å². The molecule has 66 valence electrons. The van der Waals surface area contributed by atoms with E-state index in [9.17, 15) is 0 Å². The van der Waals surface area contributed by atoms with E-state index in [0.717, 1.165) is 10.7 Å². The molecule has 11 heavy (non-hydrogen) atoms. The molecule has 0 aliphatic heterocycles. The molecule has 2 fully saturated rings. The highest BCUT2D eigenvalue weighted by Gasteiger charge is 2.55. The molecule has 0 nitrogen and oxygen atoms in total. The Morgan fingerprint density at radius 2 is 1.64 bits per heavy atom. The Balaban J connectivity index is 2.09. The van der Waals surface area contributed by atoms with Crippen LogP contribution in [0.1, 0.15) is 32.1 Å². The van der Waals surface area contributed by atoms with Crippen molar-refractivity contribution in [2.24, 2.45) is 5.92 Å². The first-order valence-corrected chi connectivity index (χ1v) is 7.60. The quantitative estimate of drug-likeness (QED) is 0.600. The van der Waals surface area contributed by atoms with Gasteiger partial charge >= 0.3 is 0 Å². The van der Waals surface area contributed by atoms with Crippen molar-refractivity contribution in [1.82, 2.24) is 0 Å². The van der Waals surface area contributed by atoms with Crippen LogP contribution in [0.3, 0.4) is 0 Å². The fourth-order valence-corrected chi connectivity index (χ4v) is 5.14. The molecule has 2 saturated carbocycles. The van der Waals surface area contributed by atoms with Crippen molar-refractivity contribution in [2.45, 2.75) is 36.9 Å². The van der Waals surface area contributed by atoms with Gasteiger partial charge in [0.05, 0.1) is 0 Å². The van der Waals surface area contributed by atoms with E-state index in [0.29, 0.717) is 0 Å². The summed E-state index contributed by atoms with van der Waals surface area (Å²) in [4.78, 5) is 0. The van der Waals surface area contributed by atoms with Crippen LogP contribution in [0.25, 0.3) is 0 Å². The topological polar surface area (TPSA) is 0 Å². The van der Waals surface area contributed by atoms with E-state index in [4.69, 9.17) is 0 Å². The SMILES string of the molecule is CS(C)(C)C1(C2CCC2)CC1. The van der Waals surface area contributed by atoms with Gasteiger partial charge in [-0.15, -0.1) is 0 Å². The Labute approximate surface area is 72.1 Å². The molecular formula is C10H20S. The van der Waals surface area contributed by atoms with Gasteiger partial charge in [0.15, 0.2) is 0 Å². The van der Waals surface area contributed by atoms with E-state index in [1.165, 1.54) is 6.42 Å². The summed E-state index contributed by atoms with van der Waals surface area (Å²) in [5, 5.41) is 0. The minimum atomic E-state index is -0.251. The maximum atomic E-state index is 2.51. The van der Waals surface area contributed by atoms with Crippen molar-refractivity contribution in [3.63, 3.8) is 0 Å². The van der Waals surface area contributed by atoms with Gasteiger partial charge in [-0.25, -0.2) is 10.0 Å². The molecule has 0 amide bonds. The Kier molecular flexibility index (Phi) is 1.58. The van der Waals surface area contributed by atoms with E-state index in [1.807, 2.05) is 0 Å². The molecule has 0 heterocycles. The lowest BCUT2D eigenvalue weighted by Gasteiger charge is -2.46. The fraction of sp³-hybridized carbons (Fsp3) is 1.00. The van der Waals surface area contributed by atoms with Gasteiger partial charge in [-0.2, -0.15) is 0 Å². The highest BCUT2D eigenvalue weighted by atomic mass is 32.3. The zero-order chi connectivity index (χ0) is 8.11. The van der Waals surface area contributed by atoms with E-state index in [1.54, 1.807) is 25.7 Å². The maximum absolute atomic E-state index is 2.51. The van der Waals surface area contributed by atoms with Gasteiger partial charge in [-0.3, -0.25) is 0 Å². The van der Waals surface area contributed by atoms with Crippen LogP contribution in [0.4, 0.5) is 0 Å². The molecule has 0 unspecified atom stereocenters. The Hall–Kier alpha value is 0.350. The van der Waals surface area contributed by atoms with Crippen LogP contribution in [-0.4, -0.2) is 23.5 Å². The van der Waals surface area contributed by atoms with Crippen LogP contribution in [0.15, 0.2) is 0 Å². The summed E-state index contributed by atoms with van der Waals surface area (Å²) in [5.74, 6) is 1.14. The standard InChI is InChI=1S/C10H20S/c1-11(2,3)10(7-8-10)9-5-4-6-9/h9H,4-8H2,1-3H3. The number of hydrogen-bond acceptors (Lipinski definition) is 0. The Bertz CT molecular complexity index is 158. The van der Waals surface area contributed by atoms with Crippen molar-refractivity contribution in [3.05, 3.63) is 0 Å². The van der Waals surface area contributed by atoms with Gasteiger partial charge in [-0.05, 0) is 50.4 Å². The van der Waals surface area contributed by atoms with Gasteiger partial charge in [0.2, 0.25) is 0 Å². The van der Waals surface area contributed by atoms with E-state index in [2.05, 4.69) is 18.8 Å². The van der Waals surface area contributed by atoms with E-state index >= 15 is 0 Å². The second kappa shape index (κ2) is 2.18. The van der Waals surface area contributed by atoms with Gasteiger partial charge in [-0.1, -0.05) is 6.42 Å². The minimum Gasteiger partial charge on any atom is -0.244 e. The van der Waals surface area contributed by atoms with Crippen molar-refractivity contribution in [1.29, 1.82) is 0 Å². The number of hydrogen-bond donors (Lipinski definition) is 0. The van der Waals surface area contributed by atoms with Crippen LogP contribution in [0.2, 0.25) is 0 Å². The molecule has 0 radical (unpaired) electrons. The van der Waals surface area contributed by atoms with Gasteiger partial charge in [0.1, 0.15) is 0 Å². The normalized spacial score (nSPS) is 31.2. The van der Waals surface area contributed by atoms with Crippen LogP contribution in [0, 0.1) is 5.92 Å². The van der Waals surface area contributed by atoms with Gasteiger partial charge in [0.25, 0.3) is 0 Å². The summed E-state index contributed by atoms with van der Waals surface area (Å²) in [6.07, 6.45) is 15.2. The summed E-state index contributed by atoms with van der Waals surface area (Å²) in [6.45, 7) is 0. The first-order valence-electron chi connectivity index (χ1n) is 4.74. The molecule has 1 heteroatoms. The van der Waals surface area contributed by atoms with Crippen molar-refractivity contribution < 1.29 is 0 Å². The summed E-state index contributed by atoms with van der Waals surface area (Å²) < 4.78 is 0.866. The lowest BCUT2D eigenvalue weighted by Crippen LogP contribution is -2.32. The van der Waals surface area contributed by atoms with E-state index in [-0.39, 0.29) is 10.0 Å². The second-order valence-electron chi connectivity index (χ2n) is 5.03. The lowest BCUT2D eigenvalue weighted by atomic mass is 9.81. The zero-order valence-corrected chi connectivity index (χ0v) is 8.84. The highest BCUT2D eigenvalue weighted by Crippen LogP contribution is 2.71. The minimum absolute atomic E-state index is 0.251. The molecule has 0 aromatic carbocycles. The smallest absolute Gasteiger partial charge is 0.00245 e. The Morgan fingerprint density at radius 1 is 1.09 bits per heavy atom. The average Bonchev–Trinajstić information content (AvgIpc) is 2.37. The summed E-state index contributed by atoms with van der Waals surface area (Å²) >= 11 is 0. The molecule has 0 spiro atoms. The molecule has 2 aliphatic rings. The van der Waals surface area contributed by atoms with Crippen LogP contribution < -0.4 is 0 Å². The third-order valence-corrected chi connectivity index (χ3v) is 6.99. The maximum Gasteiger partial charge on any atom is 0.00245 e. The fourth-order valence-electron chi connectivity index (χ4n) is 2.58. The van der Waals surface area contributed by atoms with Crippen molar-refractivity contribution >= 4 is 10.0 Å². The third-order valence-electron chi connectivity index (χ3n) is 3.81. The molecule has 2 rings (SSSR count). The monoisotopic (exact) mass is 172 g/mol. The second-order valence-corrected chi connectivity index (χ2v) is 9.52. The summed E-state index contributed by atoms with van der Waals surface area (Å²) in [5.41, 5.74) is 0. The van der Waals surface area contributed by atoms with Gasteiger partial charge < -0.3 is 0 Å². The largest absolute Gasteiger partial charge is 0.244 e. The van der Waals surface area contributed by atoms with Crippen LogP contribution >= 0.6 is 10.0 Å². The van der Waals surface area contributed by atoms with Crippen molar-refractivity contribution in [2.75, 3.05) is 18.8 Å². The Morgan fingerprint density at radius 3 is 1.73 bits per heavy atom. The summed E-state index contributed by atoms with van der Waals surface area (Å²) in [7, 11) is -0.251. The molecule has 0 aromatic heterocycles. The highest BCUT2D eigenvalue weighted by molar-refractivity contribution is 8.33. The molecule has 2 aliphatic carbocycles. The first kappa shape index (κ1) is 7.97. The first-order chi connectivity index (χ1) is 5.06. The molecular weight excluding hydrogens is 152 g/mol. The van der Waals surface area contributed by atoms with Crippen LogP contribution in [-0.2, 0) is 0 Å². The molecule has 0 N–H and O–H groups in total. The molecule has 0 saturated heterocycles. The third kappa shape index (κ3) is 1.04. The predicted octanol–water partition coefficient (Wildman–Crippen LogP) is 3.01. The predicted molar refractivity (Wildman–Crippen MR) is 54.7 cm³/mol. The summed E-state index contributed by atoms with van der Waals surface area (Å²) in [6, 6.07) is 0. The van der Waals surface area contributed by atoms with E-state index < -0.39 is 0 Å². The number of rotatable bonds is 2. The molecule has 0 aromatic rings. The van der Waals surface area contributed by atoms with Crippen molar-refractivity contribution in [3.8, 4) is 0 Å².